The van der Waals surface area contributed by atoms with Crippen LogP contribution in [0.5, 0.6) is 0 Å². The molecule has 3 aliphatic rings. The summed E-state index contributed by atoms with van der Waals surface area (Å²) in [6, 6.07) is 7.17. The van der Waals surface area contributed by atoms with E-state index in [2.05, 4.69) is 21.8 Å². The summed E-state index contributed by atoms with van der Waals surface area (Å²) in [6.07, 6.45) is 7.32. The van der Waals surface area contributed by atoms with Gasteiger partial charge < -0.3 is 15.1 Å². The molecule has 2 amide bonds. The number of carbonyl (C=O) groups excluding carboxylic acids is 2. The minimum atomic E-state index is -0.205. The number of piperidine rings is 1. The fourth-order valence-corrected chi connectivity index (χ4v) is 5.42. The number of benzene rings is 1. The first kappa shape index (κ1) is 22.2. The number of rotatable bonds is 4. The van der Waals surface area contributed by atoms with E-state index in [-0.39, 0.29) is 17.5 Å². The average Bonchev–Trinajstić information content (AvgIpc) is 3.46. The van der Waals surface area contributed by atoms with Crippen LogP contribution in [-0.2, 0) is 0 Å². The van der Waals surface area contributed by atoms with Gasteiger partial charge in [0.2, 0.25) is 0 Å². The second-order valence-corrected chi connectivity index (χ2v) is 9.76. The lowest BCUT2D eigenvalue weighted by Gasteiger charge is -2.45. The molecule has 2 aromatic rings. The molecule has 1 aromatic carbocycles. The van der Waals surface area contributed by atoms with Crippen molar-refractivity contribution >= 4 is 23.4 Å². The van der Waals surface area contributed by atoms with E-state index in [1.54, 1.807) is 24.4 Å². The maximum absolute atomic E-state index is 13.6. The minimum Gasteiger partial charge on any atom is -0.343 e. The molecular formula is C26H30N6O2. The van der Waals surface area contributed by atoms with E-state index in [9.17, 15) is 9.59 Å². The van der Waals surface area contributed by atoms with Crippen molar-refractivity contribution in [1.29, 1.82) is 0 Å². The molecule has 1 N–H and O–H groups in total. The van der Waals surface area contributed by atoms with E-state index in [0.717, 1.165) is 56.3 Å². The highest BCUT2D eigenvalue weighted by Gasteiger charge is 2.46. The maximum atomic E-state index is 13.6. The zero-order chi connectivity index (χ0) is 23.9. The van der Waals surface area contributed by atoms with E-state index in [1.807, 2.05) is 22.8 Å². The van der Waals surface area contributed by atoms with Gasteiger partial charge in [0.05, 0.1) is 6.57 Å². The smallest absolute Gasteiger partial charge is 0.343 e. The predicted octanol–water partition coefficient (Wildman–Crippen LogP) is 5.00. The second-order valence-electron chi connectivity index (χ2n) is 9.76. The SMILES string of the molecule is [C-]#[N+]c1ccc(C(=O)N2CCCC23CCN(C(=O)n2ccc(NC(=C)C)n2)CC3)cc1C1CC1. The number of amides is 2. The van der Waals surface area contributed by atoms with Crippen LogP contribution in [0, 0.1) is 6.57 Å². The molecule has 3 heterocycles. The summed E-state index contributed by atoms with van der Waals surface area (Å²) in [5.41, 5.74) is 2.93. The van der Waals surface area contributed by atoms with Gasteiger partial charge in [-0.25, -0.2) is 9.64 Å². The molecule has 5 rings (SSSR count). The van der Waals surface area contributed by atoms with Crippen molar-refractivity contribution in [2.75, 3.05) is 25.0 Å². The first-order chi connectivity index (χ1) is 16.4. The largest absolute Gasteiger partial charge is 0.344 e. The van der Waals surface area contributed by atoms with E-state index < -0.39 is 0 Å². The Bertz CT molecular complexity index is 1180. The number of nitrogens with one attached hydrogen (secondary N) is 1. The molecular weight excluding hydrogens is 428 g/mol. The number of hydrogen-bond acceptors (Lipinski definition) is 4. The zero-order valence-corrected chi connectivity index (χ0v) is 19.6. The summed E-state index contributed by atoms with van der Waals surface area (Å²) < 4.78 is 1.36. The first-order valence-electron chi connectivity index (χ1n) is 12.0. The predicted molar refractivity (Wildman–Crippen MR) is 130 cm³/mol. The Morgan fingerprint density at radius 1 is 1.18 bits per heavy atom. The number of aromatic nitrogens is 2. The first-order valence-corrected chi connectivity index (χ1v) is 12.0. The summed E-state index contributed by atoms with van der Waals surface area (Å²) in [6.45, 7) is 15.0. The van der Waals surface area contributed by atoms with Gasteiger partial charge in [0.15, 0.2) is 11.5 Å². The molecule has 2 saturated heterocycles. The van der Waals surface area contributed by atoms with Crippen molar-refractivity contribution in [3.63, 3.8) is 0 Å². The Morgan fingerprint density at radius 2 is 1.94 bits per heavy atom. The summed E-state index contributed by atoms with van der Waals surface area (Å²) in [7, 11) is 0. The third-order valence-corrected chi connectivity index (χ3v) is 7.34. The Labute approximate surface area is 200 Å². The highest BCUT2D eigenvalue weighted by molar-refractivity contribution is 5.96. The van der Waals surface area contributed by atoms with Crippen molar-refractivity contribution in [3.8, 4) is 0 Å². The number of allylic oxidation sites excluding steroid dienone is 1. The van der Waals surface area contributed by atoms with E-state index in [1.165, 1.54) is 4.68 Å². The molecule has 176 valence electrons. The average molecular weight is 459 g/mol. The minimum absolute atomic E-state index is 0.0540. The lowest BCUT2D eigenvalue weighted by atomic mass is 9.84. The van der Waals surface area contributed by atoms with E-state index in [4.69, 9.17) is 6.57 Å². The van der Waals surface area contributed by atoms with E-state index in [0.29, 0.717) is 36.1 Å². The quantitative estimate of drug-likeness (QED) is 0.655. The Balaban J connectivity index is 1.28. The Kier molecular flexibility index (Phi) is 5.64. The third-order valence-electron chi connectivity index (χ3n) is 7.34. The van der Waals surface area contributed by atoms with Gasteiger partial charge in [0.1, 0.15) is 0 Å². The summed E-state index contributed by atoms with van der Waals surface area (Å²) >= 11 is 0. The van der Waals surface area contributed by atoms with Crippen LogP contribution in [0.15, 0.2) is 42.7 Å². The monoisotopic (exact) mass is 458 g/mol. The molecule has 1 aliphatic carbocycles. The fraction of sp³-hybridized carbons (Fsp3) is 0.462. The van der Waals surface area contributed by atoms with Gasteiger partial charge in [-0.2, -0.15) is 4.68 Å². The topological polar surface area (TPSA) is 74.8 Å². The summed E-state index contributed by atoms with van der Waals surface area (Å²) in [4.78, 5) is 34.1. The van der Waals surface area contributed by atoms with Crippen LogP contribution in [0.25, 0.3) is 4.85 Å². The van der Waals surface area contributed by atoms with E-state index >= 15 is 0 Å². The van der Waals surface area contributed by atoms with Crippen LogP contribution in [-0.4, -0.2) is 56.7 Å². The lowest BCUT2D eigenvalue weighted by molar-refractivity contribution is 0.0420. The third kappa shape index (κ3) is 4.07. The molecule has 2 aliphatic heterocycles. The van der Waals surface area contributed by atoms with Gasteiger partial charge in [-0.3, -0.25) is 4.79 Å². The number of hydrogen-bond donors (Lipinski definition) is 1. The van der Waals surface area contributed by atoms with Crippen LogP contribution in [0.3, 0.4) is 0 Å². The van der Waals surface area contributed by atoms with Gasteiger partial charge >= 0.3 is 6.03 Å². The Morgan fingerprint density at radius 3 is 2.62 bits per heavy atom. The molecule has 3 fully saturated rings. The highest BCUT2D eigenvalue weighted by atomic mass is 16.2. The number of carbonyl (C=O) groups is 2. The van der Waals surface area contributed by atoms with Crippen LogP contribution in [0.4, 0.5) is 16.3 Å². The fourth-order valence-electron chi connectivity index (χ4n) is 5.42. The van der Waals surface area contributed by atoms with Gasteiger partial charge in [-0.05, 0) is 56.9 Å². The molecule has 0 unspecified atom stereocenters. The molecule has 8 heteroatoms. The zero-order valence-electron chi connectivity index (χ0n) is 19.6. The van der Waals surface area contributed by atoms with Crippen LogP contribution < -0.4 is 5.32 Å². The molecule has 8 nitrogen and oxygen atoms in total. The molecule has 0 bridgehead atoms. The van der Waals surface area contributed by atoms with Gasteiger partial charge in [0.25, 0.3) is 5.91 Å². The highest BCUT2D eigenvalue weighted by Crippen LogP contribution is 2.45. The molecule has 34 heavy (non-hydrogen) atoms. The molecule has 1 spiro atoms. The van der Waals surface area contributed by atoms with Gasteiger partial charge in [-0.1, -0.05) is 24.8 Å². The number of likely N-dealkylation sites (tertiary alicyclic amines) is 2. The van der Waals surface area contributed by atoms with Crippen molar-refractivity contribution < 1.29 is 9.59 Å². The number of anilines is 1. The molecule has 1 saturated carbocycles. The van der Waals surface area contributed by atoms with Gasteiger partial charge in [0, 0.05) is 48.7 Å². The van der Waals surface area contributed by atoms with Crippen LogP contribution in [0.2, 0.25) is 0 Å². The van der Waals surface area contributed by atoms with Gasteiger partial charge in [-0.15, -0.1) is 5.10 Å². The van der Waals surface area contributed by atoms with Crippen LogP contribution in [0.1, 0.15) is 67.3 Å². The summed E-state index contributed by atoms with van der Waals surface area (Å²) in [5.74, 6) is 1.07. The number of nitrogens with zero attached hydrogens (tertiary/aromatic N) is 5. The molecule has 0 atom stereocenters. The normalized spacial score (nSPS) is 19.2. The second kappa shape index (κ2) is 8.64. The maximum Gasteiger partial charge on any atom is 0.344 e. The lowest BCUT2D eigenvalue weighted by Crippen LogP contribution is -2.55. The van der Waals surface area contributed by atoms with Crippen molar-refractivity contribution in [2.45, 2.75) is 56.9 Å². The van der Waals surface area contributed by atoms with Crippen LogP contribution >= 0.6 is 0 Å². The van der Waals surface area contributed by atoms with Crippen molar-refractivity contribution in [2.24, 2.45) is 0 Å². The Hall–Kier alpha value is -3.60. The molecule has 1 aromatic heterocycles. The standard InChI is InChI=1S/C26H30N6O2/c1-18(2)28-23-9-14-32(29-23)25(34)30-15-11-26(12-16-30)10-4-13-31(26)24(33)20-7-8-22(27-3)21(17-20)19-5-6-19/h7-9,14,17,19H,1,4-6,10-13,15-16H2,2H3,(H,28,29). The summed E-state index contributed by atoms with van der Waals surface area (Å²) in [5, 5.41) is 7.33. The molecule has 0 radical (unpaired) electrons. The van der Waals surface area contributed by atoms with Crippen molar-refractivity contribution in [1.82, 2.24) is 19.6 Å². The van der Waals surface area contributed by atoms with Crippen molar-refractivity contribution in [3.05, 3.63) is 65.3 Å².